The maximum atomic E-state index is 11.7. The Morgan fingerprint density at radius 3 is 2.44 bits per heavy atom. The summed E-state index contributed by atoms with van der Waals surface area (Å²) in [5.74, 6) is 0.591. The summed E-state index contributed by atoms with van der Waals surface area (Å²) in [5.41, 5.74) is 5.21. The first kappa shape index (κ1) is 12.9. The first-order chi connectivity index (χ1) is 7.45. The Morgan fingerprint density at radius 2 is 2.00 bits per heavy atom. The molecule has 0 unspecified atom stereocenters. The molecule has 0 spiro atoms. The lowest BCUT2D eigenvalue weighted by atomic mass is 10.3. The Balaban J connectivity index is 2.85. The van der Waals surface area contributed by atoms with Crippen LogP contribution in [-0.2, 0) is 10.0 Å². The van der Waals surface area contributed by atoms with E-state index in [1.54, 1.807) is 12.1 Å². The minimum Gasteiger partial charge on any atom is -0.497 e. The van der Waals surface area contributed by atoms with E-state index in [1.807, 2.05) is 0 Å². The van der Waals surface area contributed by atoms with Crippen molar-refractivity contribution in [1.29, 1.82) is 0 Å². The maximum Gasteiger partial charge on any atom is 0.240 e. The molecule has 0 bridgehead atoms. The number of hydrogen-bond donors (Lipinski definition) is 2. The lowest BCUT2D eigenvalue weighted by Gasteiger charge is -2.06. The van der Waals surface area contributed by atoms with Crippen LogP contribution in [-0.4, -0.2) is 27.1 Å². The Hall–Kier alpha value is -1.18. The number of rotatable bonds is 5. The van der Waals surface area contributed by atoms with Crippen LogP contribution in [0.3, 0.4) is 0 Å². The van der Waals surface area contributed by atoms with Crippen LogP contribution in [0.15, 0.2) is 29.2 Å². The van der Waals surface area contributed by atoms with Crippen LogP contribution in [0.25, 0.3) is 0 Å². The van der Waals surface area contributed by atoms with Crippen molar-refractivity contribution in [2.45, 2.75) is 4.90 Å². The number of hydrogen-bond acceptors (Lipinski definition) is 4. The van der Waals surface area contributed by atoms with Gasteiger partial charge < -0.3 is 10.5 Å². The van der Waals surface area contributed by atoms with E-state index in [1.165, 1.54) is 19.2 Å². The SMILES string of the molecule is COc1ccc(S(=O)(=O)NCC(N)=S)cc1. The predicted octanol–water partition coefficient (Wildman–Crippen LogP) is 0.260. The number of ether oxygens (including phenoxy) is 1. The Kier molecular flexibility index (Phi) is 4.22. The molecule has 0 radical (unpaired) electrons. The number of benzene rings is 1. The van der Waals surface area contributed by atoms with Gasteiger partial charge in [-0.05, 0) is 24.3 Å². The summed E-state index contributed by atoms with van der Waals surface area (Å²) in [6, 6.07) is 6.02. The molecule has 0 aliphatic heterocycles. The van der Waals surface area contributed by atoms with Crippen molar-refractivity contribution in [3.05, 3.63) is 24.3 Å². The normalized spacial score (nSPS) is 11.1. The van der Waals surface area contributed by atoms with E-state index in [9.17, 15) is 8.42 Å². The van der Waals surface area contributed by atoms with E-state index in [4.69, 9.17) is 10.5 Å². The topological polar surface area (TPSA) is 81.4 Å². The van der Waals surface area contributed by atoms with Gasteiger partial charge in [-0.3, -0.25) is 0 Å². The van der Waals surface area contributed by atoms with Gasteiger partial charge in [-0.1, -0.05) is 12.2 Å². The molecule has 1 aromatic carbocycles. The molecule has 7 heteroatoms. The fraction of sp³-hybridized carbons (Fsp3) is 0.222. The lowest BCUT2D eigenvalue weighted by molar-refractivity contribution is 0.414. The second-order valence-corrected chi connectivity index (χ2v) is 5.26. The smallest absolute Gasteiger partial charge is 0.240 e. The van der Waals surface area contributed by atoms with Crippen LogP contribution in [0, 0.1) is 0 Å². The second kappa shape index (κ2) is 5.24. The average Bonchev–Trinajstić information content (AvgIpc) is 2.27. The molecule has 0 amide bonds. The molecule has 0 heterocycles. The fourth-order valence-electron chi connectivity index (χ4n) is 1.00. The lowest BCUT2D eigenvalue weighted by Crippen LogP contribution is -2.32. The first-order valence-electron chi connectivity index (χ1n) is 4.38. The van der Waals surface area contributed by atoms with Gasteiger partial charge in [0.05, 0.1) is 23.5 Å². The zero-order valence-corrected chi connectivity index (χ0v) is 10.3. The quantitative estimate of drug-likeness (QED) is 0.742. The zero-order chi connectivity index (χ0) is 12.2. The van der Waals surface area contributed by atoms with Gasteiger partial charge in [0.1, 0.15) is 5.75 Å². The van der Waals surface area contributed by atoms with Gasteiger partial charge in [0.25, 0.3) is 0 Å². The van der Waals surface area contributed by atoms with E-state index >= 15 is 0 Å². The van der Waals surface area contributed by atoms with Crippen molar-refractivity contribution in [2.24, 2.45) is 5.73 Å². The van der Waals surface area contributed by atoms with Gasteiger partial charge in [-0.2, -0.15) is 0 Å². The third kappa shape index (κ3) is 3.44. The van der Waals surface area contributed by atoms with E-state index in [0.29, 0.717) is 5.75 Å². The van der Waals surface area contributed by atoms with Gasteiger partial charge in [-0.15, -0.1) is 0 Å². The largest absolute Gasteiger partial charge is 0.497 e. The zero-order valence-electron chi connectivity index (χ0n) is 8.64. The highest BCUT2D eigenvalue weighted by Gasteiger charge is 2.13. The molecule has 0 saturated carbocycles. The highest BCUT2D eigenvalue weighted by Crippen LogP contribution is 2.14. The summed E-state index contributed by atoms with van der Waals surface area (Å²) >= 11 is 4.58. The molecule has 88 valence electrons. The van der Waals surface area contributed by atoms with E-state index < -0.39 is 10.0 Å². The van der Waals surface area contributed by atoms with E-state index in [2.05, 4.69) is 16.9 Å². The van der Waals surface area contributed by atoms with Gasteiger partial charge in [0.2, 0.25) is 10.0 Å². The number of methoxy groups -OCH3 is 1. The summed E-state index contributed by atoms with van der Waals surface area (Å²) in [4.78, 5) is 0.238. The average molecular weight is 260 g/mol. The summed E-state index contributed by atoms with van der Waals surface area (Å²) in [6.07, 6.45) is 0. The molecule has 0 fully saturated rings. The van der Waals surface area contributed by atoms with Crippen LogP contribution in [0.4, 0.5) is 0 Å². The minimum absolute atomic E-state index is 0.0519. The Labute approximate surface area is 99.6 Å². The van der Waals surface area contributed by atoms with Crippen molar-refractivity contribution in [1.82, 2.24) is 4.72 Å². The summed E-state index contributed by atoms with van der Waals surface area (Å²) < 4.78 is 30.5. The molecule has 1 aromatic rings. The van der Waals surface area contributed by atoms with Crippen molar-refractivity contribution in [2.75, 3.05) is 13.7 Å². The Bertz CT molecular complexity index is 468. The number of thiocarbonyl (C=S) groups is 1. The van der Waals surface area contributed by atoms with Crippen LogP contribution in [0.5, 0.6) is 5.75 Å². The van der Waals surface area contributed by atoms with Crippen LogP contribution in [0.1, 0.15) is 0 Å². The predicted molar refractivity (Wildman–Crippen MR) is 65.0 cm³/mol. The molecule has 5 nitrogen and oxygen atoms in total. The molecular formula is C9H12N2O3S2. The van der Waals surface area contributed by atoms with Crippen molar-refractivity contribution in [3.8, 4) is 5.75 Å². The Morgan fingerprint density at radius 1 is 1.44 bits per heavy atom. The van der Waals surface area contributed by atoms with Crippen LogP contribution >= 0.6 is 12.2 Å². The standard InChI is InChI=1S/C9H12N2O3S2/c1-14-7-2-4-8(5-3-7)16(12,13)11-6-9(10)15/h2-5,11H,6H2,1H3,(H2,10,15). The molecule has 16 heavy (non-hydrogen) atoms. The third-order valence-corrected chi connectivity index (χ3v) is 3.37. The third-order valence-electron chi connectivity index (χ3n) is 1.81. The van der Waals surface area contributed by atoms with Crippen LogP contribution in [0.2, 0.25) is 0 Å². The summed E-state index contributed by atoms with van der Waals surface area (Å²) in [5, 5.41) is 0. The van der Waals surface area contributed by atoms with Crippen molar-refractivity contribution >= 4 is 27.2 Å². The van der Waals surface area contributed by atoms with Crippen molar-refractivity contribution in [3.63, 3.8) is 0 Å². The first-order valence-corrected chi connectivity index (χ1v) is 6.27. The molecule has 0 atom stereocenters. The highest BCUT2D eigenvalue weighted by atomic mass is 32.2. The van der Waals surface area contributed by atoms with Gasteiger partial charge in [0.15, 0.2) is 0 Å². The van der Waals surface area contributed by atoms with E-state index in [-0.39, 0.29) is 16.4 Å². The molecular weight excluding hydrogens is 248 g/mol. The van der Waals surface area contributed by atoms with Gasteiger partial charge in [-0.25, -0.2) is 13.1 Å². The van der Waals surface area contributed by atoms with Crippen LogP contribution < -0.4 is 15.2 Å². The molecule has 0 aromatic heterocycles. The van der Waals surface area contributed by atoms with E-state index in [0.717, 1.165) is 0 Å². The summed E-state index contributed by atoms with van der Waals surface area (Å²) in [7, 11) is -2.04. The molecule has 0 aliphatic rings. The number of nitrogens with one attached hydrogen (secondary N) is 1. The molecule has 0 aliphatic carbocycles. The minimum atomic E-state index is -3.55. The molecule has 1 rings (SSSR count). The van der Waals surface area contributed by atoms with Gasteiger partial charge >= 0.3 is 0 Å². The summed E-state index contributed by atoms with van der Waals surface area (Å²) in [6.45, 7) is -0.0519. The second-order valence-electron chi connectivity index (χ2n) is 2.97. The van der Waals surface area contributed by atoms with Crippen molar-refractivity contribution < 1.29 is 13.2 Å². The number of nitrogens with two attached hydrogens (primary N) is 1. The number of sulfonamides is 1. The molecule has 0 saturated heterocycles. The molecule has 3 N–H and O–H groups in total. The fourth-order valence-corrected chi connectivity index (χ4v) is 2.17. The van der Waals surface area contributed by atoms with Gasteiger partial charge in [0, 0.05) is 0 Å². The highest BCUT2D eigenvalue weighted by molar-refractivity contribution is 7.89. The maximum absolute atomic E-state index is 11.7. The monoisotopic (exact) mass is 260 g/mol.